The summed E-state index contributed by atoms with van der Waals surface area (Å²) in [6.45, 7) is 6.65. The zero-order valence-electron chi connectivity index (χ0n) is 8.47. The second-order valence-electron chi connectivity index (χ2n) is 4.27. The summed E-state index contributed by atoms with van der Waals surface area (Å²) in [6, 6.07) is 0. The minimum atomic E-state index is 0.380. The number of Topliss-reactive ketones (excluding diaryl/α,β-unsaturated/α-hetero) is 1. The van der Waals surface area contributed by atoms with Crippen molar-refractivity contribution < 1.29 is 4.79 Å². The summed E-state index contributed by atoms with van der Waals surface area (Å²) in [5, 5.41) is 0. The highest BCUT2D eigenvalue weighted by atomic mass is 16.1. The van der Waals surface area contributed by atoms with E-state index in [9.17, 15) is 4.79 Å². The van der Waals surface area contributed by atoms with E-state index in [1.807, 2.05) is 0 Å². The van der Waals surface area contributed by atoms with Crippen molar-refractivity contribution in [3.8, 4) is 0 Å². The zero-order chi connectivity index (χ0) is 9.14. The Bertz CT molecular complexity index is 162. The molecule has 3 atom stereocenters. The number of carbonyl (C=O) groups excluding carboxylic acids is 1. The third-order valence-electron chi connectivity index (χ3n) is 3.19. The van der Waals surface area contributed by atoms with Crippen LogP contribution in [-0.4, -0.2) is 5.78 Å². The highest BCUT2D eigenvalue weighted by molar-refractivity contribution is 5.83. The van der Waals surface area contributed by atoms with Crippen LogP contribution in [0.25, 0.3) is 0 Å². The van der Waals surface area contributed by atoms with Gasteiger partial charge in [0.2, 0.25) is 0 Å². The molecule has 0 heterocycles. The number of ketones is 1. The Morgan fingerprint density at radius 1 is 1.58 bits per heavy atom. The van der Waals surface area contributed by atoms with Gasteiger partial charge < -0.3 is 0 Å². The average molecular weight is 168 g/mol. The number of rotatable bonds is 3. The highest BCUT2D eigenvalue weighted by Gasteiger charge is 2.34. The molecule has 1 heteroatoms. The SMILES string of the molecule is CCC[C@@H](C)[C@@H]1C(=O)CC[C@H]1C. The topological polar surface area (TPSA) is 17.1 Å². The summed E-state index contributed by atoms with van der Waals surface area (Å²) >= 11 is 0. The minimum absolute atomic E-state index is 0.380. The van der Waals surface area contributed by atoms with E-state index in [0.717, 1.165) is 12.8 Å². The van der Waals surface area contributed by atoms with E-state index in [1.165, 1.54) is 12.8 Å². The molecule has 0 unspecified atom stereocenters. The van der Waals surface area contributed by atoms with Gasteiger partial charge >= 0.3 is 0 Å². The Kier molecular flexibility index (Phi) is 3.30. The lowest BCUT2D eigenvalue weighted by molar-refractivity contribution is -0.122. The number of hydrogen-bond acceptors (Lipinski definition) is 1. The Morgan fingerprint density at radius 2 is 2.25 bits per heavy atom. The molecule has 12 heavy (non-hydrogen) atoms. The predicted molar refractivity (Wildman–Crippen MR) is 51.0 cm³/mol. The van der Waals surface area contributed by atoms with E-state index in [-0.39, 0.29) is 0 Å². The van der Waals surface area contributed by atoms with E-state index in [1.54, 1.807) is 0 Å². The lowest BCUT2D eigenvalue weighted by Crippen LogP contribution is -2.21. The largest absolute Gasteiger partial charge is 0.299 e. The standard InChI is InChI=1S/C11H20O/c1-4-5-8(2)11-9(3)6-7-10(11)12/h8-9,11H,4-7H2,1-3H3/t8-,9-,11+/m1/s1. The molecule has 0 bridgehead atoms. The van der Waals surface area contributed by atoms with Gasteiger partial charge in [-0.25, -0.2) is 0 Å². The van der Waals surface area contributed by atoms with Crippen LogP contribution in [0.5, 0.6) is 0 Å². The average Bonchev–Trinajstić information content (AvgIpc) is 2.32. The predicted octanol–water partition coefficient (Wildman–Crippen LogP) is 3.04. The monoisotopic (exact) mass is 168 g/mol. The van der Waals surface area contributed by atoms with Gasteiger partial charge in [0.25, 0.3) is 0 Å². The minimum Gasteiger partial charge on any atom is -0.299 e. The van der Waals surface area contributed by atoms with Gasteiger partial charge in [0.05, 0.1) is 0 Å². The van der Waals surface area contributed by atoms with Crippen LogP contribution in [0.4, 0.5) is 0 Å². The lowest BCUT2D eigenvalue weighted by Gasteiger charge is -2.21. The molecule has 0 aromatic rings. The van der Waals surface area contributed by atoms with Gasteiger partial charge in [-0.05, 0) is 18.3 Å². The fourth-order valence-electron chi connectivity index (χ4n) is 2.55. The Hall–Kier alpha value is -0.330. The summed E-state index contributed by atoms with van der Waals surface area (Å²) in [5.74, 6) is 2.15. The van der Waals surface area contributed by atoms with E-state index in [0.29, 0.717) is 23.5 Å². The van der Waals surface area contributed by atoms with Gasteiger partial charge in [-0.15, -0.1) is 0 Å². The van der Waals surface area contributed by atoms with Crippen molar-refractivity contribution in [1.82, 2.24) is 0 Å². The fourth-order valence-corrected chi connectivity index (χ4v) is 2.55. The van der Waals surface area contributed by atoms with Gasteiger partial charge in [-0.1, -0.05) is 33.6 Å². The highest BCUT2D eigenvalue weighted by Crippen LogP contribution is 2.35. The number of carbonyl (C=O) groups is 1. The molecule has 70 valence electrons. The summed E-state index contributed by atoms with van der Waals surface area (Å²) in [4.78, 5) is 11.5. The molecule has 0 aromatic heterocycles. The van der Waals surface area contributed by atoms with Crippen LogP contribution in [0.3, 0.4) is 0 Å². The Labute approximate surface area is 75.5 Å². The summed E-state index contributed by atoms with van der Waals surface area (Å²) < 4.78 is 0. The molecule has 1 aliphatic rings. The first-order valence-corrected chi connectivity index (χ1v) is 5.19. The van der Waals surface area contributed by atoms with E-state index >= 15 is 0 Å². The molecule has 1 saturated carbocycles. The first-order valence-electron chi connectivity index (χ1n) is 5.19. The summed E-state index contributed by atoms with van der Waals surface area (Å²) in [6.07, 6.45) is 4.37. The zero-order valence-corrected chi connectivity index (χ0v) is 8.47. The van der Waals surface area contributed by atoms with E-state index in [2.05, 4.69) is 20.8 Å². The van der Waals surface area contributed by atoms with Crippen molar-refractivity contribution in [2.24, 2.45) is 17.8 Å². The third-order valence-corrected chi connectivity index (χ3v) is 3.19. The van der Waals surface area contributed by atoms with Gasteiger partial charge in [0.15, 0.2) is 0 Å². The molecular weight excluding hydrogens is 148 g/mol. The van der Waals surface area contributed by atoms with Crippen LogP contribution < -0.4 is 0 Å². The smallest absolute Gasteiger partial charge is 0.136 e. The molecule has 0 N–H and O–H groups in total. The van der Waals surface area contributed by atoms with Gasteiger partial charge in [0, 0.05) is 12.3 Å². The maximum Gasteiger partial charge on any atom is 0.136 e. The molecule has 0 amide bonds. The quantitative estimate of drug-likeness (QED) is 0.633. The second kappa shape index (κ2) is 4.06. The van der Waals surface area contributed by atoms with Crippen LogP contribution in [0.2, 0.25) is 0 Å². The van der Waals surface area contributed by atoms with Crippen molar-refractivity contribution in [1.29, 1.82) is 0 Å². The molecule has 1 rings (SSSR count). The Morgan fingerprint density at radius 3 is 2.67 bits per heavy atom. The van der Waals surface area contributed by atoms with Crippen molar-refractivity contribution in [3.63, 3.8) is 0 Å². The molecule has 0 radical (unpaired) electrons. The van der Waals surface area contributed by atoms with Crippen LogP contribution in [0.1, 0.15) is 46.5 Å². The van der Waals surface area contributed by atoms with Crippen LogP contribution >= 0.6 is 0 Å². The van der Waals surface area contributed by atoms with Crippen molar-refractivity contribution in [2.45, 2.75) is 46.5 Å². The molecular formula is C11H20O. The first-order chi connectivity index (χ1) is 5.66. The molecule has 0 aliphatic heterocycles. The molecule has 0 spiro atoms. The third kappa shape index (κ3) is 1.88. The van der Waals surface area contributed by atoms with Gasteiger partial charge in [-0.2, -0.15) is 0 Å². The second-order valence-corrected chi connectivity index (χ2v) is 4.27. The van der Waals surface area contributed by atoms with Crippen molar-refractivity contribution in [3.05, 3.63) is 0 Å². The fraction of sp³-hybridized carbons (Fsp3) is 0.909. The molecule has 1 nitrogen and oxygen atoms in total. The van der Waals surface area contributed by atoms with Crippen molar-refractivity contribution >= 4 is 5.78 Å². The van der Waals surface area contributed by atoms with Crippen LogP contribution in [0, 0.1) is 17.8 Å². The van der Waals surface area contributed by atoms with Crippen LogP contribution in [0.15, 0.2) is 0 Å². The first kappa shape index (κ1) is 9.76. The van der Waals surface area contributed by atoms with E-state index < -0.39 is 0 Å². The summed E-state index contributed by atoms with van der Waals surface area (Å²) in [7, 11) is 0. The van der Waals surface area contributed by atoms with E-state index in [4.69, 9.17) is 0 Å². The normalized spacial score (nSPS) is 32.4. The summed E-state index contributed by atoms with van der Waals surface area (Å²) in [5.41, 5.74) is 0. The maximum atomic E-state index is 11.5. The molecule has 0 aromatic carbocycles. The molecule has 1 fully saturated rings. The Balaban J connectivity index is 2.53. The number of hydrogen-bond donors (Lipinski definition) is 0. The lowest BCUT2D eigenvalue weighted by atomic mass is 9.83. The van der Waals surface area contributed by atoms with Crippen molar-refractivity contribution in [2.75, 3.05) is 0 Å². The van der Waals surface area contributed by atoms with Gasteiger partial charge in [0.1, 0.15) is 5.78 Å². The molecule has 1 aliphatic carbocycles. The van der Waals surface area contributed by atoms with Gasteiger partial charge in [-0.3, -0.25) is 4.79 Å². The van der Waals surface area contributed by atoms with Crippen LogP contribution in [-0.2, 0) is 4.79 Å². The maximum absolute atomic E-state index is 11.5. The molecule has 0 saturated heterocycles.